The molecule has 1 heterocycles. The number of amides is 2. The lowest BCUT2D eigenvalue weighted by Crippen LogP contribution is -2.47. The summed E-state index contributed by atoms with van der Waals surface area (Å²) in [6.45, 7) is 8.38. The lowest BCUT2D eigenvalue weighted by atomic mass is 10.0. The molecular weight excluding hydrogens is 192 g/mol. The molecule has 0 bridgehead atoms. The van der Waals surface area contributed by atoms with Crippen molar-refractivity contribution in [3.05, 3.63) is 0 Å². The fourth-order valence-electron chi connectivity index (χ4n) is 2.20. The van der Waals surface area contributed by atoms with Crippen LogP contribution in [0, 0.1) is 5.92 Å². The third-order valence-corrected chi connectivity index (χ3v) is 3.35. The maximum absolute atomic E-state index is 12.1. The summed E-state index contributed by atoms with van der Waals surface area (Å²) >= 11 is 0. The van der Waals surface area contributed by atoms with Crippen molar-refractivity contribution in [3.8, 4) is 0 Å². The molecule has 2 unspecified atom stereocenters. The second-order valence-corrected chi connectivity index (χ2v) is 4.16. The van der Waals surface area contributed by atoms with E-state index in [1.54, 1.807) is 4.90 Å². The molecule has 4 heteroatoms. The summed E-state index contributed by atoms with van der Waals surface area (Å²) in [4.78, 5) is 15.7. The van der Waals surface area contributed by atoms with E-state index in [4.69, 9.17) is 0 Å². The van der Waals surface area contributed by atoms with Crippen LogP contribution in [0.5, 0.6) is 0 Å². The molecule has 1 saturated heterocycles. The first-order valence-electron chi connectivity index (χ1n) is 5.82. The first-order valence-corrected chi connectivity index (χ1v) is 5.82. The molecule has 1 fully saturated rings. The Morgan fingerprint density at radius 1 is 1.47 bits per heavy atom. The molecule has 1 N–H and O–H groups in total. The summed E-state index contributed by atoms with van der Waals surface area (Å²) in [7, 11) is 0. The second kappa shape index (κ2) is 5.35. The summed E-state index contributed by atoms with van der Waals surface area (Å²) in [5, 5.41) is 9.27. The van der Waals surface area contributed by atoms with Gasteiger partial charge in [0.05, 0.1) is 12.6 Å². The number of carbonyl (C=O) groups excluding carboxylic acids is 1. The summed E-state index contributed by atoms with van der Waals surface area (Å²) < 4.78 is 0. The Hall–Kier alpha value is -0.770. The Morgan fingerprint density at radius 2 is 2.07 bits per heavy atom. The maximum atomic E-state index is 12.1. The van der Waals surface area contributed by atoms with Crippen molar-refractivity contribution in [3.63, 3.8) is 0 Å². The first-order chi connectivity index (χ1) is 7.15. The van der Waals surface area contributed by atoms with E-state index in [9.17, 15) is 9.90 Å². The number of hydrogen-bond acceptors (Lipinski definition) is 2. The number of aliphatic hydroxyl groups is 1. The zero-order valence-electron chi connectivity index (χ0n) is 9.94. The Balaban J connectivity index is 2.66. The standard InChI is InChI=1S/C11H22N2O2/c1-4-12(5-2)11(15)13-7-6-9(3)10(13)8-14/h9-10,14H,4-8H2,1-3H3. The van der Waals surface area contributed by atoms with Crippen molar-refractivity contribution in [2.75, 3.05) is 26.2 Å². The highest BCUT2D eigenvalue weighted by molar-refractivity contribution is 5.75. The highest BCUT2D eigenvalue weighted by atomic mass is 16.3. The van der Waals surface area contributed by atoms with Crippen LogP contribution in [0.3, 0.4) is 0 Å². The summed E-state index contributed by atoms with van der Waals surface area (Å²) in [6, 6.07) is 0.0847. The van der Waals surface area contributed by atoms with Gasteiger partial charge in [0.1, 0.15) is 0 Å². The van der Waals surface area contributed by atoms with Crippen LogP contribution < -0.4 is 0 Å². The Labute approximate surface area is 91.9 Å². The predicted molar refractivity (Wildman–Crippen MR) is 59.7 cm³/mol. The number of carbonyl (C=O) groups is 1. The first kappa shape index (κ1) is 12.3. The fraction of sp³-hybridized carbons (Fsp3) is 0.909. The molecule has 88 valence electrons. The van der Waals surface area contributed by atoms with Gasteiger partial charge >= 0.3 is 6.03 Å². The van der Waals surface area contributed by atoms with Crippen molar-refractivity contribution in [2.24, 2.45) is 5.92 Å². The second-order valence-electron chi connectivity index (χ2n) is 4.16. The molecule has 15 heavy (non-hydrogen) atoms. The number of hydrogen-bond donors (Lipinski definition) is 1. The minimum Gasteiger partial charge on any atom is -0.394 e. The molecule has 0 aromatic rings. The van der Waals surface area contributed by atoms with E-state index in [0.29, 0.717) is 5.92 Å². The molecule has 0 aromatic carbocycles. The average molecular weight is 214 g/mol. The number of aliphatic hydroxyl groups excluding tert-OH is 1. The molecule has 4 nitrogen and oxygen atoms in total. The van der Waals surface area contributed by atoms with Gasteiger partial charge in [-0.3, -0.25) is 0 Å². The zero-order chi connectivity index (χ0) is 11.4. The highest BCUT2D eigenvalue weighted by Crippen LogP contribution is 2.24. The van der Waals surface area contributed by atoms with Gasteiger partial charge in [-0.05, 0) is 26.2 Å². The Bertz CT molecular complexity index is 217. The van der Waals surface area contributed by atoms with Crippen LogP contribution >= 0.6 is 0 Å². The van der Waals surface area contributed by atoms with E-state index < -0.39 is 0 Å². The van der Waals surface area contributed by atoms with Crippen molar-refractivity contribution < 1.29 is 9.90 Å². The summed E-state index contributed by atoms with van der Waals surface area (Å²) in [6.07, 6.45) is 0.998. The van der Waals surface area contributed by atoms with Crippen LogP contribution in [-0.4, -0.2) is 53.2 Å². The number of urea groups is 1. The van der Waals surface area contributed by atoms with Crippen LogP contribution in [0.4, 0.5) is 4.79 Å². The lowest BCUT2D eigenvalue weighted by Gasteiger charge is -2.30. The molecule has 0 aliphatic carbocycles. The number of likely N-dealkylation sites (tertiary alicyclic amines) is 1. The van der Waals surface area contributed by atoms with Crippen molar-refractivity contribution >= 4 is 6.03 Å². The average Bonchev–Trinajstić information content (AvgIpc) is 2.61. The largest absolute Gasteiger partial charge is 0.394 e. The monoisotopic (exact) mass is 214 g/mol. The number of nitrogens with zero attached hydrogens (tertiary/aromatic N) is 2. The lowest BCUT2D eigenvalue weighted by molar-refractivity contribution is 0.119. The Kier molecular flexibility index (Phi) is 4.39. The third-order valence-electron chi connectivity index (χ3n) is 3.35. The van der Waals surface area contributed by atoms with Crippen LogP contribution in [0.25, 0.3) is 0 Å². The van der Waals surface area contributed by atoms with Gasteiger partial charge < -0.3 is 14.9 Å². The van der Waals surface area contributed by atoms with E-state index in [2.05, 4.69) is 6.92 Å². The quantitative estimate of drug-likeness (QED) is 0.766. The van der Waals surface area contributed by atoms with Gasteiger partial charge in [-0.25, -0.2) is 4.79 Å². The molecule has 0 radical (unpaired) electrons. The minimum absolute atomic E-state index is 0.0121. The molecule has 2 atom stereocenters. The molecule has 0 aromatic heterocycles. The molecular formula is C11H22N2O2. The maximum Gasteiger partial charge on any atom is 0.320 e. The van der Waals surface area contributed by atoms with Crippen LogP contribution in [0.15, 0.2) is 0 Å². The van der Waals surface area contributed by atoms with Gasteiger partial charge in [-0.15, -0.1) is 0 Å². The van der Waals surface area contributed by atoms with Gasteiger partial charge in [0.25, 0.3) is 0 Å². The van der Waals surface area contributed by atoms with Crippen LogP contribution in [0.2, 0.25) is 0 Å². The minimum atomic E-state index is 0.0121. The van der Waals surface area contributed by atoms with Crippen molar-refractivity contribution in [1.29, 1.82) is 0 Å². The van der Waals surface area contributed by atoms with Crippen LogP contribution in [0.1, 0.15) is 27.2 Å². The van der Waals surface area contributed by atoms with Gasteiger partial charge in [0.2, 0.25) is 0 Å². The fourth-order valence-corrected chi connectivity index (χ4v) is 2.20. The topological polar surface area (TPSA) is 43.8 Å². The summed E-state index contributed by atoms with van der Waals surface area (Å²) in [5.74, 6) is 0.412. The van der Waals surface area contributed by atoms with Crippen molar-refractivity contribution in [2.45, 2.75) is 33.2 Å². The van der Waals surface area contributed by atoms with E-state index in [0.717, 1.165) is 26.1 Å². The molecule has 2 amide bonds. The van der Waals surface area contributed by atoms with Gasteiger partial charge in [-0.1, -0.05) is 6.92 Å². The van der Waals surface area contributed by atoms with Gasteiger partial charge in [0.15, 0.2) is 0 Å². The van der Waals surface area contributed by atoms with E-state index in [1.807, 2.05) is 18.7 Å². The molecule has 1 rings (SSSR count). The van der Waals surface area contributed by atoms with E-state index in [-0.39, 0.29) is 18.7 Å². The zero-order valence-corrected chi connectivity index (χ0v) is 9.94. The van der Waals surface area contributed by atoms with Gasteiger partial charge in [0, 0.05) is 19.6 Å². The summed E-state index contributed by atoms with van der Waals surface area (Å²) in [5.41, 5.74) is 0. The van der Waals surface area contributed by atoms with Crippen LogP contribution in [-0.2, 0) is 0 Å². The smallest absolute Gasteiger partial charge is 0.320 e. The van der Waals surface area contributed by atoms with E-state index in [1.165, 1.54) is 0 Å². The molecule has 1 aliphatic rings. The molecule has 0 spiro atoms. The van der Waals surface area contributed by atoms with E-state index >= 15 is 0 Å². The van der Waals surface area contributed by atoms with Crippen molar-refractivity contribution in [1.82, 2.24) is 9.80 Å². The SMILES string of the molecule is CCN(CC)C(=O)N1CCC(C)C1CO. The van der Waals surface area contributed by atoms with Gasteiger partial charge in [-0.2, -0.15) is 0 Å². The molecule has 1 aliphatic heterocycles. The highest BCUT2D eigenvalue weighted by Gasteiger charge is 2.35. The Morgan fingerprint density at radius 3 is 2.53 bits per heavy atom. The number of rotatable bonds is 3. The third kappa shape index (κ3) is 2.43. The molecule has 0 saturated carbocycles. The predicted octanol–water partition coefficient (Wildman–Crippen LogP) is 1.15. The normalized spacial score (nSPS) is 25.7.